The number of hydrogen-bond donors (Lipinski definition) is 0. The van der Waals surface area contributed by atoms with Crippen molar-refractivity contribution in [1.29, 1.82) is 0 Å². The van der Waals surface area contributed by atoms with E-state index in [9.17, 15) is 0 Å². The molecule has 0 fully saturated rings. The fraction of sp³-hybridized carbons (Fsp3) is 0.160. The molecule has 1 heterocycles. The first-order valence-electron chi connectivity index (χ1n) is 9.52. The SMILES string of the molecule is COc1ccc(Cc2nccc3cc(OCc4ccccc4)ccc23)cc1OC. The average Bonchev–Trinajstić information content (AvgIpc) is 2.78. The van der Waals surface area contributed by atoms with Crippen molar-refractivity contribution in [2.45, 2.75) is 13.0 Å². The summed E-state index contributed by atoms with van der Waals surface area (Å²) in [6, 6.07) is 24.3. The predicted molar refractivity (Wildman–Crippen MR) is 115 cm³/mol. The minimum atomic E-state index is 0.552. The topological polar surface area (TPSA) is 40.6 Å². The molecule has 3 aromatic carbocycles. The van der Waals surface area contributed by atoms with Crippen LogP contribution >= 0.6 is 0 Å². The van der Waals surface area contributed by atoms with Crippen LogP contribution in [0.2, 0.25) is 0 Å². The van der Waals surface area contributed by atoms with Crippen LogP contribution in [0.1, 0.15) is 16.8 Å². The van der Waals surface area contributed by atoms with Crippen molar-refractivity contribution in [3.8, 4) is 17.2 Å². The standard InChI is InChI=1S/C25H23NO3/c1-27-24-11-8-19(15-25(24)28-2)14-23-22-10-9-21(16-20(22)12-13-26-23)29-17-18-6-4-3-5-7-18/h3-13,15-16H,14,17H2,1-2H3. The normalized spacial score (nSPS) is 10.7. The van der Waals surface area contributed by atoms with E-state index >= 15 is 0 Å². The summed E-state index contributed by atoms with van der Waals surface area (Å²) in [7, 11) is 3.29. The second-order valence-electron chi connectivity index (χ2n) is 6.78. The van der Waals surface area contributed by atoms with Crippen LogP contribution in [0.3, 0.4) is 0 Å². The Kier molecular flexibility index (Phi) is 5.61. The third-order valence-corrected chi connectivity index (χ3v) is 4.89. The molecule has 0 N–H and O–H groups in total. The summed E-state index contributed by atoms with van der Waals surface area (Å²) in [5, 5.41) is 2.23. The first kappa shape index (κ1) is 18.8. The highest BCUT2D eigenvalue weighted by atomic mass is 16.5. The summed E-state index contributed by atoms with van der Waals surface area (Å²) in [5.74, 6) is 2.30. The van der Waals surface area contributed by atoms with Gasteiger partial charge in [0.2, 0.25) is 0 Å². The van der Waals surface area contributed by atoms with Crippen molar-refractivity contribution in [2.75, 3.05) is 14.2 Å². The van der Waals surface area contributed by atoms with Crippen molar-refractivity contribution in [2.24, 2.45) is 0 Å². The Balaban J connectivity index is 1.56. The third-order valence-electron chi connectivity index (χ3n) is 4.89. The molecule has 4 nitrogen and oxygen atoms in total. The zero-order valence-electron chi connectivity index (χ0n) is 16.6. The van der Waals surface area contributed by atoms with Crippen LogP contribution in [0.15, 0.2) is 79.0 Å². The van der Waals surface area contributed by atoms with Crippen LogP contribution in [0.4, 0.5) is 0 Å². The molecular weight excluding hydrogens is 362 g/mol. The van der Waals surface area contributed by atoms with Crippen molar-refractivity contribution in [3.05, 3.63) is 95.8 Å². The zero-order valence-corrected chi connectivity index (χ0v) is 16.6. The minimum absolute atomic E-state index is 0.552. The van der Waals surface area contributed by atoms with E-state index in [1.54, 1.807) is 14.2 Å². The van der Waals surface area contributed by atoms with Gasteiger partial charge in [-0.2, -0.15) is 0 Å². The van der Waals surface area contributed by atoms with Crippen molar-refractivity contribution >= 4 is 10.8 Å². The maximum Gasteiger partial charge on any atom is 0.160 e. The molecule has 4 aromatic rings. The first-order valence-corrected chi connectivity index (χ1v) is 9.52. The lowest BCUT2D eigenvalue weighted by atomic mass is 10.0. The molecular formula is C25H23NO3. The lowest BCUT2D eigenvalue weighted by Gasteiger charge is -2.11. The van der Waals surface area contributed by atoms with E-state index in [1.807, 2.05) is 54.7 Å². The largest absolute Gasteiger partial charge is 0.493 e. The van der Waals surface area contributed by atoms with Gasteiger partial charge >= 0.3 is 0 Å². The van der Waals surface area contributed by atoms with Crippen molar-refractivity contribution < 1.29 is 14.2 Å². The Labute approximate surface area is 170 Å². The van der Waals surface area contributed by atoms with E-state index in [2.05, 4.69) is 29.2 Å². The first-order chi connectivity index (χ1) is 14.3. The fourth-order valence-corrected chi connectivity index (χ4v) is 3.37. The molecule has 4 rings (SSSR count). The predicted octanol–water partition coefficient (Wildman–Crippen LogP) is 5.42. The van der Waals surface area contributed by atoms with E-state index in [1.165, 1.54) is 0 Å². The highest BCUT2D eigenvalue weighted by Crippen LogP contribution is 2.30. The molecule has 29 heavy (non-hydrogen) atoms. The number of rotatable bonds is 7. The van der Waals surface area contributed by atoms with E-state index in [4.69, 9.17) is 14.2 Å². The molecule has 0 bridgehead atoms. The number of pyridine rings is 1. The number of methoxy groups -OCH3 is 2. The molecule has 0 spiro atoms. The molecule has 146 valence electrons. The summed E-state index contributed by atoms with van der Waals surface area (Å²) in [6.07, 6.45) is 2.56. The molecule has 0 aliphatic rings. The second-order valence-corrected chi connectivity index (χ2v) is 6.78. The van der Waals surface area contributed by atoms with Crippen molar-refractivity contribution in [1.82, 2.24) is 4.98 Å². The lowest BCUT2D eigenvalue weighted by Crippen LogP contribution is -1.97. The lowest BCUT2D eigenvalue weighted by molar-refractivity contribution is 0.306. The molecule has 1 aromatic heterocycles. The smallest absolute Gasteiger partial charge is 0.160 e. The van der Waals surface area contributed by atoms with Gasteiger partial charge in [-0.1, -0.05) is 36.4 Å². The van der Waals surface area contributed by atoms with Gasteiger partial charge in [-0.05, 0) is 52.9 Å². The van der Waals surface area contributed by atoms with Gasteiger partial charge in [-0.15, -0.1) is 0 Å². The molecule has 4 heteroatoms. The van der Waals surface area contributed by atoms with Gasteiger partial charge in [0.05, 0.1) is 19.9 Å². The van der Waals surface area contributed by atoms with Gasteiger partial charge in [0.1, 0.15) is 12.4 Å². The number of fused-ring (bicyclic) bond motifs is 1. The maximum atomic E-state index is 5.96. The number of ether oxygens (including phenoxy) is 3. The average molecular weight is 385 g/mol. The van der Waals surface area contributed by atoms with Crippen LogP contribution in [-0.2, 0) is 13.0 Å². The van der Waals surface area contributed by atoms with Gasteiger partial charge in [-0.25, -0.2) is 0 Å². The monoisotopic (exact) mass is 385 g/mol. The summed E-state index contributed by atoms with van der Waals surface area (Å²) >= 11 is 0. The highest BCUT2D eigenvalue weighted by molar-refractivity contribution is 5.86. The van der Waals surface area contributed by atoms with Crippen LogP contribution in [0.5, 0.6) is 17.2 Å². The summed E-state index contributed by atoms with van der Waals surface area (Å²) in [5.41, 5.74) is 3.29. The molecule has 0 aliphatic carbocycles. The zero-order chi connectivity index (χ0) is 20.1. The Morgan fingerprint density at radius 1 is 0.759 bits per heavy atom. The molecule has 0 saturated carbocycles. The molecule has 0 saturated heterocycles. The van der Waals surface area contributed by atoms with E-state index in [-0.39, 0.29) is 0 Å². The molecule has 0 unspecified atom stereocenters. The molecule has 0 radical (unpaired) electrons. The second kappa shape index (κ2) is 8.65. The number of aromatic nitrogens is 1. The summed E-state index contributed by atoms with van der Waals surface area (Å²) < 4.78 is 16.7. The van der Waals surface area contributed by atoms with E-state index < -0.39 is 0 Å². The number of hydrogen-bond acceptors (Lipinski definition) is 4. The van der Waals surface area contributed by atoms with Gasteiger partial charge in [-0.3, -0.25) is 4.98 Å². The Hall–Kier alpha value is -3.53. The highest BCUT2D eigenvalue weighted by Gasteiger charge is 2.09. The van der Waals surface area contributed by atoms with E-state index in [0.29, 0.717) is 13.0 Å². The van der Waals surface area contributed by atoms with E-state index in [0.717, 1.165) is 44.8 Å². The van der Waals surface area contributed by atoms with Gasteiger partial charge in [0, 0.05) is 18.0 Å². The number of benzene rings is 3. The minimum Gasteiger partial charge on any atom is -0.493 e. The third kappa shape index (κ3) is 4.32. The molecule has 0 atom stereocenters. The van der Waals surface area contributed by atoms with Crippen LogP contribution in [0, 0.1) is 0 Å². The molecule has 0 amide bonds. The summed E-state index contributed by atoms with van der Waals surface area (Å²) in [4.78, 5) is 4.61. The maximum absolute atomic E-state index is 5.96. The van der Waals surface area contributed by atoms with Gasteiger partial charge in [0.25, 0.3) is 0 Å². The Morgan fingerprint density at radius 2 is 1.59 bits per heavy atom. The number of nitrogens with zero attached hydrogens (tertiary/aromatic N) is 1. The van der Waals surface area contributed by atoms with Crippen LogP contribution in [-0.4, -0.2) is 19.2 Å². The van der Waals surface area contributed by atoms with Gasteiger partial charge < -0.3 is 14.2 Å². The van der Waals surface area contributed by atoms with Crippen LogP contribution < -0.4 is 14.2 Å². The van der Waals surface area contributed by atoms with Gasteiger partial charge in [0.15, 0.2) is 11.5 Å². The van der Waals surface area contributed by atoms with Crippen LogP contribution in [0.25, 0.3) is 10.8 Å². The van der Waals surface area contributed by atoms with Crippen molar-refractivity contribution in [3.63, 3.8) is 0 Å². The Bertz CT molecular complexity index is 1110. The fourth-order valence-electron chi connectivity index (χ4n) is 3.37. The molecule has 0 aliphatic heterocycles. The Morgan fingerprint density at radius 3 is 2.38 bits per heavy atom. The quantitative estimate of drug-likeness (QED) is 0.426. The summed E-state index contributed by atoms with van der Waals surface area (Å²) in [6.45, 7) is 0.552.